The number of aromatic nitrogens is 3. The Hall–Kier alpha value is -7.06. The monoisotopic (exact) mass is 771 g/mol. The van der Waals surface area contributed by atoms with Crippen LogP contribution in [0.3, 0.4) is 0 Å². The quantitative estimate of drug-likeness (QED) is 0.163. The zero-order valence-electron chi connectivity index (χ0n) is 34.6. The van der Waals surface area contributed by atoms with Crippen LogP contribution in [0.1, 0.15) is 75.4 Å². The first-order valence-corrected chi connectivity index (χ1v) is 21.6. The molecule has 0 radical (unpaired) electrons. The number of nitrogens with zero attached hydrogens (tertiary/aromatic N) is 3. The van der Waals surface area contributed by atoms with Crippen LogP contribution in [-0.4, -0.2) is 14.4 Å². The number of rotatable bonds is 5. The molecule has 0 saturated heterocycles. The van der Waals surface area contributed by atoms with Crippen molar-refractivity contribution < 1.29 is 0 Å². The topological polar surface area (TPSA) is 30.2 Å². The van der Waals surface area contributed by atoms with E-state index in [0.29, 0.717) is 5.92 Å². The summed E-state index contributed by atoms with van der Waals surface area (Å²) >= 11 is 0. The van der Waals surface area contributed by atoms with E-state index in [2.05, 4.69) is 182 Å². The lowest BCUT2D eigenvalue weighted by molar-refractivity contribution is 0.619. The van der Waals surface area contributed by atoms with Crippen molar-refractivity contribution in [3.8, 4) is 44.5 Å². The fourth-order valence-corrected chi connectivity index (χ4v) is 10.4. The Morgan fingerprint density at radius 3 is 1.95 bits per heavy atom. The lowest BCUT2D eigenvalue weighted by Crippen LogP contribution is -2.02. The molecule has 0 fully saturated rings. The first-order valence-electron chi connectivity index (χ1n) is 21.6. The fourth-order valence-electron chi connectivity index (χ4n) is 10.4. The van der Waals surface area contributed by atoms with Crippen LogP contribution in [0.25, 0.3) is 111 Å². The van der Waals surface area contributed by atoms with Gasteiger partial charge in [-0.1, -0.05) is 148 Å². The van der Waals surface area contributed by atoms with Crippen molar-refractivity contribution in [3.63, 3.8) is 0 Å². The molecule has 3 heteroatoms. The van der Waals surface area contributed by atoms with Gasteiger partial charge in [-0.3, -0.25) is 9.97 Å². The molecule has 4 heterocycles. The van der Waals surface area contributed by atoms with E-state index in [1.807, 2.05) is 13.8 Å². The Bertz CT molecular complexity index is 3410. The van der Waals surface area contributed by atoms with Crippen molar-refractivity contribution in [2.45, 2.75) is 52.9 Å². The molecule has 0 saturated carbocycles. The molecular formula is C57H45N3. The molecule has 0 amide bonds. The van der Waals surface area contributed by atoms with Gasteiger partial charge in [0.1, 0.15) is 0 Å². The molecule has 3 nitrogen and oxygen atoms in total. The Labute approximate surface area is 351 Å². The first-order chi connectivity index (χ1) is 29.7. The van der Waals surface area contributed by atoms with E-state index in [1.165, 1.54) is 87.9 Å². The van der Waals surface area contributed by atoms with Gasteiger partial charge in [-0.05, 0) is 106 Å². The van der Waals surface area contributed by atoms with Crippen molar-refractivity contribution in [2.24, 2.45) is 0 Å². The van der Waals surface area contributed by atoms with Gasteiger partial charge in [0.05, 0.1) is 40.3 Å². The van der Waals surface area contributed by atoms with E-state index in [-0.39, 0.29) is 0 Å². The van der Waals surface area contributed by atoms with Crippen LogP contribution in [0, 0.1) is 0 Å². The van der Waals surface area contributed by atoms with Crippen molar-refractivity contribution in [3.05, 3.63) is 174 Å². The third kappa shape index (κ3) is 5.22. The number of fused-ring (bicyclic) bond motifs is 12. The van der Waals surface area contributed by atoms with Gasteiger partial charge in [0.2, 0.25) is 0 Å². The average Bonchev–Trinajstić information content (AvgIpc) is 3.92. The van der Waals surface area contributed by atoms with Crippen molar-refractivity contribution in [1.29, 1.82) is 0 Å². The van der Waals surface area contributed by atoms with Crippen molar-refractivity contribution in [1.82, 2.24) is 14.4 Å². The largest absolute Gasteiger partial charge is 0.305 e. The van der Waals surface area contributed by atoms with Gasteiger partial charge in [0.25, 0.3) is 0 Å². The Kier molecular flexibility index (Phi) is 8.62. The second-order valence-corrected chi connectivity index (χ2v) is 16.0. The van der Waals surface area contributed by atoms with Crippen LogP contribution in [0.2, 0.25) is 0 Å². The summed E-state index contributed by atoms with van der Waals surface area (Å²) in [5, 5.41) is 7.66. The number of hydrogen-bond donors (Lipinski definition) is 0. The van der Waals surface area contributed by atoms with Gasteiger partial charge in [0.15, 0.2) is 0 Å². The summed E-state index contributed by atoms with van der Waals surface area (Å²) in [4.78, 5) is 10.4. The standard InChI is InChI=1S/C55H39N3.C2H6/c1-3-34-16-10-15-25-45-48(34)52-47(31-56-45)58-46-32-57-54-33(2)26-28-43(54)50(46)53-49(41-24-14-13-22-39(41)36-19-8-5-9-20-36)42-29-27-37(30-44(42)51(52)55(53)58)40-23-12-11-21-38(40)35-17-6-4-7-18-35;1-2/h4-9,11-15,17-25,27-32,34H,3,10,16H2,1-2H3;1-2H3. The SMILES string of the molecule is CC.CCC1CCC=Cc2ncc3c(c21)c1c2cc(-c4ccccc4-c4ccccc4)ccc2c(-c2ccccc2-c2ccccc2)c2c4c5c(ncc4n3c21)C(C)=C=C5. The molecule has 10 aromatic rings. The van der Waals surface area contributed by atoms with Gasteiger partial charge in [0, 0.05) is 38.2 Å². The van der Waals surface area contributed by atoms with Gasteiger partial charge in [-0.2, -0.15) is 0 Å². The molecule has 0 N–H and O–H groups in total. The third-order valence-corrected chi connectivity index (χ3v) is 13.0. The van der Waals surface area contributed by atoms with E-state index < -0.39 is 0 Å². The smallest absolute Gasteiger partial charge is 0.0822 e. The lowest BCUT2D eigenvalue weighted by Gasteiger charge is -2.19. The third-order valence-electron chi connectivity index (χ3n) is 13.0. The number of benzene rings is 6. The van der Waals surface area contributed by atoms with Crippen molar-refractivity contribution >= 4 is 66.6 Å². The minimum absolute atomic E-state index is 0.394. The molecule has 6 aromatic carbocycles. The molecule has 0 spiro atoms. The summed E-state index contributed by atoms with van der Waals surface area (Å²) < 4.78 is 2.51. The summed E-state index contributed by atoms with van der Waals surface area (Å²) in [6.07, 6.45) is 14.2. The lowest BCUT2D eigenvalue weighted by atomic mass is 9.83. The summed E-state index contributed by atoms with van der Waals surface area (Å²) in [5.74, 6) is 0.394. The van der Waals surface area contributed by atoms with Gasteiger partial charge >= 0.3 is 0 Å². The van der Waals surface area contributed by atoms with Crippen LogP contribution in [-0.2, 0) is 0 Å². The maximum atomic E-state index is 5.26. The van der Waals surface area contributed by atoms with E-state index in [9.17, 15) is 0 Å². The molecule has 288 valence electrons. The highest BCUT2D eigenvalue weighted by molar-refractivity contribution is 6.38. The zero-order chi connectivity index (χ0) is 40.5. The van der Waals surface area contributed by atoms with Crippen LogP contribution in [0.15, 0.2) is 152 Å². The summed E-state index contributed by atoms with van der Waals surface area (Å²) in [7, 11) is 0. The van der Waals surface area contributed by atoms with Crippen LogP contribution in [0.4, 0.5) is 0 Å². The Balaban J connectivity index is 0.00000201. The highest BCUT2D eigenvalue weighted by atomic mass is 14.9. The summed E-state index contributed by atoms with van der Waals surface area (Å²) in [5.41, 5.74) is 22.6. The van der Waals surface area contributed by atoms with E-state index >= 15 is 0 Å². The van der Waals surface area contributed by atoms with Crippen molar-refractivity contribution in [2.75, 3.05) is 0 Å². The Morgan fingerprint density at radius 1 is 0.633 bits per heavy atom. The normalized spacial score (nSPS) is 14.5. The highest BCUT2D eigenvalue weighted by Crippen LogP contribution is 2.54. The van der Waals surface area contributed by atoms with E-state index in [0.717, 1.165) is 52.8 Å². The van der Waals surface area contributed by atoms with E-state index in [4.69, 9.17) is 9.97 Å². The van der Waals surface area contributed by atoms with Gasteiger partial charge in [-0.15, -0.1) is 5.73 Å². The predicted molar refractivity (Wildman–Crippen MR) is 256 cm³/mol. The second-order valence-electron chi connectivity index (χ2n) is 16.0. The first kappa shape index (κ1) is 36.1. The highest BCUT2D eigenvalue weighted by Gasteiger charge is 2.31. The van der Waals surface area contributed by atoms with Gasteiger partial charge in [-0.25, -0.2) is 0 Å². The predicted octanol–water partition coefficient (Wildman–Crippen LogP) is 15.8. The maximum Gasteiger partial charge on any atom is 0.0822 e. The molecule has 1 atom stereocenters. The summed E-state index contributed by atoms with van der Waals surface area (Å²) in [6, 6.07) is 46.8. The number of allylic oxidation sites excluding steroid dienone is 2. The molecule has 1 unspecified atom stereocenters. The molecular weight excluding hydrogens is 727 g/mol. The zero-order valence-corrected chi connectivity index (χ0v) is 34.6. The van der Waals surface area contributed by atoms with Crippen LogP contribution >= 0.6 is 0 Å². The second kappa shape index (κ2) is 14.3. The Morgan fingerprint density at radius 2 is 1.25 bits per heavy atom. The minimum Gasteiger partial charge on any atom is -0.305 e. The molecule has 2 aliphatic carbocycles. The maximum absolute atomic E-state index is 5.26. The van der Waals surface area contributed by atoms with E-state index in [1.54, 1.807) is 0 Å². The molecule has 12 rings (SSSR count). The van der Waals surface area contributed by atoms with Crippen LogP contribution in [0.5, 0.6) is 0 Å². The van der Waals surface area contributed by atoms with Gasteiger partial charge < -0.3 is 4.40 Å². The minimum atomic E-state index is 0.394. The van der Waals surface area contributed by atoms with Crippen LogP contribution < -0.4 is 0 Å². The molecule has 0 bridgehead atoms. The summed E-state index contributed by atoms with van der Waals surface area (Å²) in [6.45, 7) is 8.47. The number of pyridine rings is 2. The molecule has 2 aliphatic rings. The molecule has 60 heavy (non-hydrogen) atoms. The molecule has 4 aromatic heterocycles. The number of hydrogen-bond acceptors (Lipinski definition) is 2. The fraction of sp³-hybridized carbons (Fsp3) is 0.140. The average molecular weight is 772 g/mol. The molecule has 0 aliphatic heterocycles.